The van der Waals surface area contributed by atoms with Gasteiger partial charge < -0.3 is 10.1 Å². The number of ether oxygens (including phenoxy) is 1. The van der Waals surface area contributed by atoms with Crippen LogP contribution < -0.4 is 5.32 Å². The van der Waals surface area contributed by atoms with Crippen LogP contribution in [0.1, 0.15) is 31.9 Å². The van der Waals surface area contributed by atoms with Gasteiger partial charge in [-0.25, -0.2) is 0 Å². The summed E-state index contributed by atoms with van der Waals surface area (Å²) in [5.74, 6) is -0.0264. The van der Waals surface area contributed by atoms with Crippen molar-refractivity contribution in [3.05, 3.63) is 42.2 Å². The van der Waals surface area contributed by atoms with Crippen molar-refractivity contribution in [2.75, 3.05) is 18.5 Å². The number of hydrogen-bond acceptors (Lipinski definition) is 4. The van der Waals surface area contributed by atoms with Gasteiger partial charge in [0.05, 0.1) is 31.0 Å². The van der Waals surface area contributed by atoms with Crippen molar-refractivity contribution in [3.8, 4) is 0 Å². The number of aromatic nitrogens is 2. The molecule has 24 heavy (non-hydrogen) atoms. The smallest absolute Gasteiger partial charge is 0.228 e. The molecule has 1 aromatic heterocycles. The van der Waals surface area contributed by atoms with Gasteiger partial charge in [-0.1, -0.05) is 26.0 Å². The van der Waals surface area contributed by atoms with Crippen LogP contribution in [0.5, 0.6) is 0 Å². The van der Waals surface area contributed by atoms with E-state index in [0.717, 1.165) is 24.3 Å². The minimum atomic E-state index is -0.0264. The predicted octanol–water partition coefficient (Wildman–Crippen LogP) is 3.53. The molecule has 6 heteroatoms. The fourth-order valence-corrected chi connectivity index (χ4v) is 3.52. The maximum atomic E-state index is 12.2. The van der Waals surface area contributed by atoms with E-state index in [1.54, 1.807) is 6.20 Å². The Hall–Kier alpha value is -1.79. The summed E-state index contributed by atoms with van der Waals surface area (Å²) in [6.07, 6.45) is 4.90. The van der Waals surface area contributed by atoms with Crippen LogP contribution in [0.25, 0.3) is 0 Å². The quantitative estimate of drug-likeness (QED) is 0.814. The van der Waals surface area contributed by atoms with Gasteiger partial charge in [-0.2, -0.15) is 5.10 Å². The molecule has 2 heterocycles. The summed E-state index contributed by atoms with van der Waals surface area (Å²) in [5.41, 5.74) is 1.75. The fraction of sp³-hybridized carbons (Fsp3) is 0.444. The Morgan fingerprint density at radius 3 is 2.88 bits per heavy atom. The van der Waals surface area contributed by atoms with Gasteiger partial charge in [0.15, 0.2) is 0 Å². The molecule has 0 bridgehead atoms. The molecule has 1 aliphatic rings. The average Bonchev–Trinajstić information content (AvgIpc) is 3.19. The maximum absolute atomic E-state index is 12.2. The number of rotatable bonds is 6. The number of thioether (sulfide) groups is 1. The van der Waals surface area contributed by atoms with Crippen molar-refractivity contribution in [2.45, 2.75) is 42.9 Å². The molecule has 1 fully saturated rings. The van der Waals surface area contributed by atoms with E-state index in [1.165, 1.54) is 4.90 Å². The molecule has 5 nitrogen and oxygen atoms in total. The van der Waals surface area contributed by atoms with E-state index in [4.69, 9.17) is 4.74 Å². The third-order valence-electron chi connectivity index (χ3n) is 3.82. The summed E-state index contributed by atoms with van der Waals surface area (Å²) >= 11 is 1.82. The molecule has 3 rings (SSSR count). The molecular formula is C18H23N3O2S. The molecule has 128 valence electrons. The lowest BCUT2D eigenvalue weighted by Gasteiger charge is -2.07. The highest BCUT2D eigenvalue weighted by Crippen LogP contribution is 2.23. The summed E-state index contributed by atoms with van der Waals surface area (Å²) in [7, 11) is 0. The Labute approximate surface area is 146 Å². The second kappa shape index (κ2) is 7.85. The first kappa shape index (κ1) is 17.0. The Morgan fingerprint density at radius 1 is 1.42 bits per heavy atom. The van der Waals surface area contributed by atoms with E-state index in [0.29, 0.717) is 18.3 Å². The molecule has 0 radical (unpaired) electrons. The molecule has 1 aromatic carbocycles. The van der Waals surface area contributed by atoms with Gasteiger partial charge in [-0.3, -0.25) is 9.48 Å². The molecule has 0 unspecified atom stereocenters. The van der Waals surface area contributed by atoms with E-state index in [9.17, 15) is 4.79 Å². The van der Waals surface area contributed by atoms with Crippen molar-refractivity contribution in [1.82, 2.24) is 9.78 Å². The molecule has 0 spiro atoms. The van der Waals surface area contributed by atoms with Crippen LogP contribution in [0, 0.1) is 0 Å². The van der Waals surface area contributed by atoms with Crippen LogP contribution in [0.3, 0.4) is 0 Å². The molecule has 1 aliphatic heterocycles. The number of carbonyl (C=O) groups is 1. The first-order chi connectivity index (χ1) is 11.6. The second-order valence-corrected chi connectivity index (χ2v) is 7.91. The fourth-order valence-electron chi connectivity index (χ4n) is 2.68. The van der Waals surface area contributed by atoms with Gasteiger partial charge >= 0.3 is 0 Å². The van der Waals surface area contributed by atoms with E-state index < -0.39 is 0 Å². The lowest BCUT2D eigenvalue weighted by molar-refractivity contribution is -0.115. The predicted molar refractivity (Wildman–Crippen MR) is 96.5 cm³/mol. The zero-order chi connectivity index (χ0) is 16.9. The van der Waals surface area contributed by atoms with E-state index in [1.807, 2.05) is 34.8 Å². The number of nitrogens with one attached hydrogen (secondary N) is 1. The van der Waals surface area contributed by atoms with Crippen molar-refractivity contribution < 1.29 is 9.53 Å². The SMILES string of the molecule is CC(C)Sc1ccc(CC(=O)Nc2cnn([C@H]3CCOC3)c2)cc1. The number of benzene rings is 1. The number of hydrogen-bond donors (Lipinski definition) is 1. The number of anilines is 1. The van der Waals surface area contributed by atoms with Gasteiger partial charge in [-0.05, 0) is 24.1 Å². The normalized spacial score (nSPS) is 17.4. The minimum absolute atomic E-state index is 0.0264. The third-order valence-corrected chi connectivity index (χ3v) is 4.84. The summed E-state index contributed by atoms with van der Waals surface area (Å²) in [6, 6.07) is 8.46. The summed E-state index contributed by atoms with van der Waals surface area (Å²) in [6.45, 7) is 5.81. The minimum Gasteiger partial charge on any atom is -0.379 e. The number of nitrogens with zero attached hydrogens (tertiary/aromatic N) is 2. The summed E-state index contributed by atoms with van der Waals surface area (Å²) < 4.78 is 7.24. The zero-order valence-corrected chi connectivity index (χ0v) is 14.9. The number of amides is 1. The second-order valence-electron chi connectivity index (χ2n) is 6.26. The Balaban J connectivity index is 1.53. The van der Waals surface area contributed by atoms with Crippen molar-refractivity contribution in [1.29, 1.82) is 0 Å². The van der Waals surface area contributed by atoms with Crippen LogP contribution in [0.15, 0.2) is 41.6 Å². The highest BCUT2D eigenvalue weighted by atomic mass is 32.2. The average molecular weight is 345 g/mol. The Bertz CT molecular complexity index is 676. The van der Waals surface area contributed by atoms with Gasteiger partial charge in [0.2, 0.25) is 5.91 Å². The van der Waals surface area contributed by atoms with Crippen molar-refractivity contribution in [3.63, 3.8) is 0 Å². The molecule has 0 aliphatic carbocycles. The molecule has 1 atom stereocenters. The Morgan fingerprint density at radius 2 is 2.21 bits per heavy atom. The van der Waals surface area contributed by atoms with E-state index in [2.05, 4.69) is 36.4 Å². The lowest BCUT2D eigenvalue weighted by atomic mass is 10.1. The summed E-state index contributed by atoms with van der Waals surface area (Å²) in [5, 5.41) is 7.79. The number of carbonyl (C=O) groups excluding carboxylic acids is 1. The van der Waals surface area contributed by atoms with Crippen LogP contribution in [-0.4, -0.2) is 34.2 Å². The van der Waals surface area contributed by atoms with Crippen molar-refractivity contribution >= 4 is 23.4 Å². The van der Waals surface area contributed by atoms with Crippen LogP contribution in [0.2, 0.25) is 0 Å². The zero-order valence-electron chi connectivity index (χ0n) is 14.1. The molecule has 1 saturated heterocycles. The van der Waals surface area contributed by atoms with Gasteiger partial charge in [0.1, 0.15) is 0 Å². The largest absolute Gasteiger partial charge is 0.379 e. The molecule has 1 amide bonds. The van der Waals surface area contributed by atoms with Crippen LogP contribution >= 0.6 is 11.8 Å². The highest BCUT2D eigenvalue weighted by Gasteiger charge is 2.18. The molecule has 1 N–H and O–H groups in total. The van der Waals surface area contributed by atoms with Crippen LogP contribution in [0.4, 0.5) is 5.69 Å². The van der Waals surface area contributed by atoms with Gasteiger partial charge in [0.25, 0.3) is 0 Å². The van der Waals surface area contributed by atoms with E-state index in [-0.39, 0.29) is 11.9 Å². The molecule has 2 aromatic rings. The van der Waals surface area contributed by atoms with Gasteiger partial charge in [0, 0.05) is 22.9 Å². The summed E-state index contributed by atoms with van der Waals surface area (Å²) in [4.78, 5) is 13.4. The molecular weight excluding hydrogens is 322 g/mol. The van der Waals surface area contributed by atoms with Crippen LogP contribution in [-0.2, 0) is 16.0 Å². The Kier molecular flexibility index (Phi) is 5.58. The maximum Gasteiger partial charge on any atom is 0.228 e. The molecule has 0 saturated carbocycles. The first-order valence-corrected chi connectivity index (χ1v) is 9.15. The standard InChI is InChI=1S/C18H23N3O2S/c1-13(2)24-17-5-3-14(4-6-17)9-18(22)20-15-10-19-21(11-15)16-7-8-23-12-16/h3-6,10-11,13,16H,7-9,12H2,1-2H3,(H,20,22)/t16-/m0/s1. The lowest BCUT2D eigenvalue weighted by Crippen LogP contribution is -2.14. The van der Waals surface area contributed by atoms with Gasteiger partial charge in [-0.15, -0.1) is 11.8 Å². The topological polar surface area (TPSA) is 56.2 Å². The third kappa shape index (κ3) is 4.61. The first-order valence-electron chi connectivity index (χ1n) is 8.27. The van der Waals surface area contributed by atoms with Crippen molar-refractivity contribution in [2.24, 2.45) is 0 Å². The highest BCUT2D eigenvalue weighted by molar-refractivity contribution is 7.99. The monoisotopic (exact) mass is 345 g/mol. The van der Waals surface area contributed by atoms with E-state index >= 15 is 0 Å².